The lowest BCUT2D eigenvalue weighted by Crippen LogP contribution is -2.30. The molecule has 8 heteroatoms. The van der Waals surface area contributed by atoms with Crippen molar-refractivity contribution < 1.29 is 18.0 Å². The Balaban J connectivity index is 1.64. The number of carbonyl (C=O) groups is 2. The summed E-state index contributed by atoms with van der Waals surface area (Å²) in [5.41, 5.74) is 1.59. The first-order chi connectivity index (χ1) is 13.3. The largest absolute Gasteiger partial charge is 0.352 e. The molecule has 148 valence electrons. The number of anilines is 1. The second-order valence-corrected chi connectivity index (χ2v) is 9.06. The average molecular weight is 421 g/mol. The molecular formula is C20H21ClN2O4S. The molecule has 1 atom stereocenters. The molecule has 1 saturated heterocycles. The zero-order valence-corrected chi connectivity index (χ0v) is 17.0. The van der Waals surface area contributed by atoms with Crippen molar-refractivity contribution in [2.24, 2.45) is 5.92 Å². The predicted octanol–water partition coefficient (Wildman–Crippen LogP) is 3.02. The Bertz CT molecular complexity index is 993. The summed E-state index contributed by atoms with van der Waals surface area (Å²) in [6, 6.07) is 14.2. The van der Waals surface area contributed by atoms with E-state index in [1.54, 1.807) is 6.92 Å². The summed E-state index contributed by atoms with van der Waals surface area (Å²) in [7, 11) is -3.71. The van der Waals surface area contributed by atoms with Crippen LogP contribution in [0.3, 0.4) is 0 Å². The van der Waals surface area contributed by atoms with E-state index in [4.69, 9.17) is 11.6 Å². The van der Waals surface area contributed by atoms with Gasteiger partial charge in [-0.25, -0.2) is 12.7 Å². The second-order valence-electron chi connectivity index (χ2n) is 6.79. The Morgan fingerprint density at radius 3 is 2.54 bits per heavy atom. The van der Waals surface area contributed by atoms with E-state index in [1.807, 2.05) is 30.3 Å². The van der Waals surface area contributed by atoms with E-state index in [0.29, 0.717) is 6.54 Å². The normalized spacial score (nSPS) is 18.3. The first-order valence-corrected chi connectivity index (χ1v) is 11.0. The fourth-order valence-corrected chi connectivity index (χ4v) is 5.21. The molecule has 28 heavy (non-hydrogen) atoms. The van der Waals surface area contributed by atoms with E-state index in [-0.39, 0.29) is 27.9 Å². The first kappa shape index (κ1) is 20.4. The van der Waals surface area contributed by atoms with Crippen LogP contribution in [-0.4, -0.2) is 32.5 Å². The van der Waals surface area contributed by atoms with Crippen molar-refractivity contribution in [1.29, 1.82) is 0 Å². The van der Waals surface area contributed by atoms with E-state index in [1.165, 1.54) is 23.8 Å². The van der Waals surface area contributed by atoms with Crippen molar-refractivity contribution in [2.45, 2.75) is 19.8 Å². The number of rotatable bonds is 6. The van der Waals surface area contributed by atoms with Crippen LogP contribution in [-0.2, 0) is 21.2 Å². The van der Waals surface area contributed by atoms with Gasteiger partial charge < -0.3 is 5.32 Å². The third kappa shape index (κ3) is 4.36. The predicted molar refractivity (Wildman–Crippen MR) is 109 cm³/mol. The van der Waals surface area contributed by atoms with E-state index in [0.717, 1.165) is 17.1 Å². The smallest absolute Gasteiger partial charge is 0.252 e. The number of aryl methyl sites for hydroxylation is 1. The summed E-state index contributed by atoms with van der Waals surface area (Å²) in [5, 5.41) is 2.91. The van der Waals surface area contributed by atoms with Gasteiger partial charge in [-0.05, 0) is 36.6 Å². The molecule has 0 unspecified atom stereocenters. The minimum absolute atomic E-state index is 0.0978. The summed E-state index contributed by atoms with van der Waals surface area (Å²) in [5.74, 6) is -1.66. The van der Waals surface area contributed by atoms with Gasteiger partial charge in [0, 0.05) is 6.54 Å². The van der Waals surface area contributed by atoms with Gasteiger partial charge in [-0.2, -0.15) is 0 Å². The molecule has 0 aromatic heterocycles. The maximum atomic E-state index is 12.4. The van der Waals surface area contributed by atoms with Gasteiger partial charge in [0.1, 0.15) is 0 Å². The summed E-state index contributed by atoms with van der Waals surface area (Å²) in [6.07, 6.45) is 1.63. The molecule has 6 nitrogen and oxygen atoms in total. The van der Waals surface area contributed by atoms with Gasteiger partial charge in [-0.3, -0.25) is 9.59 Å². The van der Waals surface area contributed by atoms with E-state index >= 15 is 0 Å². The molecule has 2 amide bonds. The van der Waals surface area contributed by atoms with Crippen molar-refractivity contribution in [3.8, 4) is 0 Å². The highest BCUT2D eigenvalue weighted by Crippen LogP contribution is 2.31. The molecule has 1 fully saturated rings. The highest BCUT2D eigenvalue weighted by Gasteiger charge is 2.42. The fourth-order valence-electron chi connectivity index (χ4n) is 3.14. The Labute approximate surface area is 169 Å². The minimum Gasteiger partial charge on any atom is -0.352 e. The molecule has 0 radical (unpaired) electrons. The number of benzene rings is 2. The van der Waals surface area contributed by atoms with Crippen LogP contribution in [0, 0.1) is 5.92 Å². The number of sulfonamides is 1. The van der Waals surface area contributed by atoms with Crippen molar-refractivity contribution in [2.75, 3.05) is 16.6 Å². The van der Waals surface area contributed by atoms with Crippen LogP contribution in [0.25, 0.3) is 0 Å². The topological polar surface area (TPSA) is 83.6 Å². The molecule has 1 heterocycles. The van der Waals surface area contributed by atoms with Crippen LogP contribution in [0.1, 0.15) is 29.3 Å². The average Bonchev–Trinajstić information content (AvgIpc) is 2.86. The SMILES string of the molecule is C[C@@H]1CS(=O)(=O)N(c2ccc(C(=O)NCCCc3ccccc3)c(Cl)c2)C1=O. The Hall–Kier alpha value is -2.38. The molecular weight excluding hydrogens is 400 g/mol. The molecule has 2 aromatic rings. The van der Waals surface area contributed by atoms with Crippen molar-refractivity contribution >= 4 is 39.1 Å². The number of hydrogen-bond acceptors (Lipinski definition) is 4. The second kappa shape index (κ2) is 8.32. The highest BCUT2D eigenvalue weighted by molar-refractivity contribution is 7.94. The monoisotopic (exact) mass is 420 g/mol. The van der Waals surface area contributed by atoms with Crippen LogP contribution in [0.5, 0.6) is 0 Å². The third-order valence-corrected chi connectivity index (χ3v) is 6.74. The number of halogens is 1. The molecule has 0 aliphatic carbocycles. The summed E-state index contributed by atoms with van der Waals surface area (Å²) in [6.45, 7) is 2.06. The van der Waals surface area contributed by atoms with Crippen LogP contribution in [0.15, 0.2) is 48.5 Å². The van der Waals surface area contributed by atoms with Crippen molar-refractivity contribution in [3.05, 3.63) is 64.7 Å². The summed E-state index contributed by atoms with van der Waals surface area (Å²) in [4.78, 5) is 24.5. The first-order valence-electron chi connectivity index (χ1n) is 8.98. The van der Waals surface area contributed by atoms with Gasteiger partial charge in [0.15, 0.2) is 0 Å². The molecule has 0 saturated carbocycles. The molecule has 0 bridgehead atoms. The molecule has 2 aromatic carbocycles. The minimum atomic E-state index is -3.71. The molecule has 1 N–H and O–H groups in total. The van der Waals surface area contributed by atoms with Crippen molar-refractivity contribution in [3.63, 3.8) is 0 Å². The quantitative estimate of drug-likeness (QED) is 0.728. The molecule has 1 aliphatic heterocycles. The molecule has 1 aliphatic rings. The van der Waals surface area contributed by atoms with E-state index in [9.17, 15) is 18.0 Å². The Kier molecular flexibility index (Phi) is 6.05. The Morgan fingerprint density at radius 2 is 1.93 bits per heavy atom. The van der Waals surface area contributed by atoms with Gasteiger partial charge in [-0.1, -0.05) is 48.9 Å². The Morgan fingerprint density at radius 1 is 1.21 bits per heavy atom. The summed E-state index contributed by atoms with van der Waals surface area (Å²) < 4.78 is 25.1. The highest BCUT2D eigenvalue weighted by atomic mass is 35.5. The number of amides is 2. The zero-order valence-electron chi connectivity index (χ0n) is 15.4. The van der Waals surface area contributed by atoms with Gasteiger partial charge in [0.05, 0.1) is 27.9 Å². The van der Waals surface area contributed by atoms with Crippen LogP contribution >= 0.6 is 11.6 Å². The lowest BCUT2D eigenvalue weighted by atomic mass is 10.1. The number of nitrogens with zero attached hydrogens (tertiary/aromatic N) is 1. The van der Waals surface area contributed by atoms with Gasteiger partial charge in [0.25, 0.3) is 5.91 Å². The van der Waals surface area contributed by atoms with Crippen LogP contribution < -0.4 is 9.62 Å². The third-order valence-electron chi connectivity index (χ3n) is 4.56. The number of nitrogens with one attached hydrogen (secondary N) is 1. The standard InChI is InChI=1S/C20H21ClN2O4S/c1-14-13-28(26,27)23(20(14)25)16-9-10-17(18(21)12-16)19(24)22-11-5-8-15-6-3-2-4-7-15/h2-4,6-7,9-10,12,14H,5,8,11,13H2,1H3,(H,22,24)/t14-/m1/s1. The number of hydrogen-bond donors (Lipinski definition) is 1. The summed E-state index contributed by atoms with van der Waals surface area (Å²) >= 11 is 6.19. The molecule has 0 spiro atoms. The fraction of sp³-hybridized carbons (Fsp3) is 0.300. The maximum Gasteiger partial charge on any atom is 0.252 e. The van der Waals surface area contributed by atoms with Gasteiger partial charge >= 0.3 is 0 Å². The lowest BCUT2D eigenvalue weighted by Gasteiger charge is -2.16. The van der Waals surface area contributed by atoms with Crippen LogP contribution in [0.4, 0.5) is 5.69 Å². The lowest BCUT2D eigenvalue weighted by molar-refractivity contribution is -0.119. The van der Waals surface area contributed by atoms with Crippen LogP contribution in [0.2, 0.25) is 5.02 Å². The van der Waals surface area contributed by atoms with Gasteiger partial charge in [-0.15, -0.1) is 0 Å². The molecule has 3 rings (SSSR count). The number of carbonyl (C=O) groups excluding carboxylic acids is 2. The van der Waals surface area contributed by atoms with E-state index in [2.05, 4.69) is 5.32 Å². The zero-order chi connectivity index (χ0) is 20.3. The van der Waals surface area contributed by atoms with Crippen molar-refractivity contribution in [1.82, 2.24) is 5.32 Å². The van der Waals surface area contributed by atoms with Gasteiger partial charge in [0.2, 0.25) is 15.9 Å². The maximum absolute atomic E-state index is 12.4. The van der Waals surface area contributed by atoms with E-state index < -0.39 is 21.8 Å².